The fourth-order valence-electron chi connectivity index (χ4n) is 3.42. The van der Waals surface area contributed by atoms with Crippen molar-refractivity contribution in [2.45, 2.75) is 45.5 Å². The van der Waals surface area contributed by atoms with Crippen molar-refractivity contribution in [2.75, 3.05) is 11.5 Å². The average molecular weight is 443 g/mol. The zero-order valence-electron chi connectivity index (χ0n) is 16.8. The van der Waals surface area contributed by atoms with Crippen LogP contribution in [0.2, 0.25) is 0 Å². The SMILES string of the molecule is C=C(F)C(C)(CO)[C@H](C)N1C(=S)N(c2ccc(C#N)c(C(F)(F)F)c2)C(=O)C1(C)C. The first kappa shape index (κ1) is 23.8. The summed E-state index contributed by atoms with van der Waals surface area (Å²) in [5, 5.41) is 18.6. The predicted molar refractivity (Wildman–Crippen MR) is 107 cm³/mol. The molecule has 0 spiro atoms. The summed E-state index contributed by atoms with van der Waals surface area (Å²) in [5.74, 6) is -1.44. The molecule has 30 heavy (non-hydrogen) atoms. The molecule has 1 amide bonds. The highest BCUT2D eigenvalue weighted by molar-refractivity contribution is 7.80. The second-order valence-corrected chi connectivity index (χ2v) is 8.21. The van der Waals surface area contributed by atoms with Gasteiger partial charge in [0.05, 0.1) is 34.9 Å². The maximum atomic E-state index is 14.1. The van der Waals surface area contributed by atoms with E-state index in [1.54, 1.807) is 6.92 Å². The summed E-state index contributed by atoms with van der Waals surface area (Å²) in [5.41, 5.74) is -4.76. The first-order valence-electron chi connectivity index (χ1n) is 8.89. The van der Waals surface area contributed by atoms with Gasteiger partial charge in [0, 0.05) is 6.04 Å². The van der Waals surface area contributed by atoms with Gasteiger partial charge in [-0.25, -0.2) is 4.39 Å². The number of hydrogen-bond acceptors (Lipinski definition) is 4. The minimum Gasteiger partial charge on any atom is -0.395 e. The quantitative estimate of drug-likeness (QED) is 0.547. The van der Waals surface area contributed by atoms with Crippen LogP contribution in [0, 0.1) is 16.7 Å². The number of aliphatic hydroxyl groups is 1. The largest absolute Gasteiger partial charge is 0.417 e. The van der Waals surface area contributed by atoms with E-state index >= 15 is 0 Å². The fourth-order valence-corrected chi connectivity index (χ4v) is 4.00. The zero-order chi connectivity index (χ0) is 23.2. The number of alkyl halides is 3. The Balaban J connectivity index is 2.61. The lowest BCUT2D eigenvalue weighted by atomic mass is 9.80. The van der Waals surface area contributed by atoms with Gasteiger partial charge in [0.1, 0.15) is 11.4 Å². The summed E-state index contributed by atoms with van der Waals surface area (Å²) in [4.78, 5) is 15.4. The van der Waals surface area contributed by atoms with Crippen LogP contribution in [0.15, 0.2) is 30.6 Å². The summed E-state index contributed by atoms with van der Waals surface area (Å²) in [7, 11) is 0. The van der Waals surface area contributed by atoms with Gasteiger partial charge in [-0.15, -0.1) is 0 Å². The molecule has 1 aromatic carbocycles. The number of nitrogens with zero attached hydrogens (tertiary/aromatic N) is 3. The summed E-state index contributed by atoms with van der Waals surface area (Å²) >= 11 is 5.40. The Bertz CT molecular complexity index is 954. The number of anilines is 1. The molecule has 0 saturated carbocycles. The van der Waals surface area contributed by atoms with Gasteiger partial charge in [-0.1, -0.05) is 6.58 Å². The molecule has 0 aliphatic carbocycles. The number of aliphatic hydroxyl groups excluding tert-OH is 1. The Morgan fingerprint density at radius 2 is 1.97 bits per heavy atom. The van der Waals surface area contributed by atoms with Crippen molar-refractivity contribution in [1.82, 2.24) is 4.90 Å². The third kappa shape index (κ3) is 3.56. The standard InChI is InChI=1S/C20H21F4N3O2S/c1-11(21)19(5,10-28)12(2)27-17(30)26(16(29)18(27,3)4)14-7-6-13(9-25)15(8-14)20(22,23)24/h6-8,12,28H,1,10H2,2-5H3/t12-,19?/m0/s1. The number of benzene rings is 1. The van der Waals surface area contributed by atoms with Crippen LogP contribution in [0.5, 0.6) is 0 Å². The van der Waals surface area contributed by atoms with Crippen LogP contribution >= 0.6 is 12.2 Å². The number of nitriles is 1. The van der Waals surface area contributed by atoms with Gasteiger partial charge in [-0.2, -0.15) is 18.4 Å². The third-order valence-electron chi connectivity index (χ3n) is 5.67. The molecule has 1 fully saturated rings. The maximum absolute atomic E-state index is 14.1. The van der Waals surface area contributed by atoms with Gasteiger partial charge < -0.3 is 10.0 Å². The van der Waals surface area contributed by atoms with Gasteiger partial charge in [-0.05, 0) is 58.1 Å². The summed E-state index contributed by atoms with van der Waals surface area (Å²) in [6, 6.07) is 3.48. The van der Waals surface area contributed by atoms with E-state index < -0.39 is 52.6 Å². The molecule has 1 saturated heterocycles. The maximum Gasteiger partial charge on any atom is 0.417 e. The normalized spacial score (nSPS) is 19.5. The number of hydrogen-bond donors (Lipinski definition) is 1. The molecule has 162 valence electrons. The highest BCUT2D eigenvalue weighted by atomic mass is 32.1. The van der Waals surface area contributed by atoms with Crippen LogP contribution in [0.4, 0.5) is 23.2 Å². The number of carbonyl (C=O) groups excluding carboxylic acids is 1. The molecule has 1 aliphatic rings. The van der Waals surface area contributed by atoms with E-state index in [1.165, 1.54) is 37.8 Å². The van der Waals surface area contributed by atoms with Crippen LogP contribution < -0.4 is 4.90 Å². The van der Waals surface area contributed by atoms with Crippen molar-refractivity contribution >= 4 is 28.9 Å². The summed E-state index contributed by atoms with van der Waals surface area (Å²) in [6.07, 6.45) is -4.81. The Hall–Kier alpha value is -2.51. The third-order valence-corrected chi connectivity index (χ3v) is 6.05. The van der Waals surface area contributed by atoms with Gasteiger partial charge in [0.2, 0.25) is 0 Å². The Labute approximate surface area is 177 Å². The van der Waals surface area contributed by atoms with Gasteiger partial charge in [0.15, 0.2) is 5.11 Å². The second kappa shape index (κ2) is 7.63. The molecule has 2 atom stereocenters. The van der Waals surface area contributed by atoms with E-state index in [-0.39, 0.29) is 10.8 Å². The Morgan fingerprint density at radius 3 is 2.40 bits per heavy atom. The Morgan fingerprint density at radius 1 is 1.40 bits per heavy atom. The van der Waals surface area contributed by atoms with Crippen LogP contribution in [-0.2, 0) is 11.0 Å². The second-order valence-electron chi connectivity index (χ2n) is 7.85. The highest BCUT2D eigenvalue weighted by Crippen LogP contribution is 2.42. The van der Waals surface area contributed by atoms with Crippen molar-refractivity contribution in [1.29, 1.82) is 5.26 Å². The van der Waals surface area contributed by atoms with Crippen molar-refractivity contribution < 1.29 is 27.5 Å². The van der Waals surface area contributed by atoms with Gasteiger partial charge in [-0.3, -0.25) is 9.69 Å². The molecule has 10 heteroatoms. The molecular formula is C20H21F4N3O2S. The fraction of sp³-hybridized carbons (Fsp3) is 0.450. The van der Waals surface area contributed by atoms with Crippen molar-refractivity contribution in [3.8, 4) is 6.07 Å². The number of amides is 1. The number of thiocarbonyl (C=S) groups is 1. The predicted octanol–water partition coefficient (Wildman–Crippen LogP) is 4.16. The van der Waals surface area contributed by atoms with Gasteiger partial charge in [0.25, 0.3) is 5.91 Å². The lowest BCUT2D eigenvalue weighted by Crippen LogP contribution is -2.55. The minimum absolute atomic E-state index is 0.142. The molecule has 1 aromatic rings. The first-order valence-corrected chi connectivity index (χ1v) is 9.30. The Kier molecular flexibility index (Phi) is 6.05. The van der Waals surface area contributed by atoms with E-state index in [9.17, 15) is 27.5 Å². The highest BCUT2D eigenvalue weighted by Gasteiger charge is 2.55. The monoisotopic (exact) mass is 443 g/mol. The molecule has 2 rings (SSSR count). The van der Waals surface area contributed by atoms with Crippen LogP contribution in [0.3, 0.4) is 0 Å². The number of rotatable bonds is 5. The molecule has 1 heterocycles. The van der Waals surface area contributed by atoms with Gasteiger partial charge >= 0.3 is 6.18 Å². The molecule has 1 N–H and O–H groups in total. The number of carbonyl (C=O) groups is 1. The molecule has 0 aromatic heterocycles. The van der Waals surface area contributed by atoms with E-state index in [4.69, 9.17) is 17.5 Å². The molecule has 1 unspecified atom stereocenters. The molecule has 1 aliphatic heterocycles. The van der Waals surface area contributed by atoms with E-state index in [2.05, 4.69) is 6.58 Å². The van der Waals surface area contributed by atoms with Crippen molar-refractivity contribution in [3.63, 3.8) is 0 Å². The topological polar surface area (TPSA) is 67.6 Å². The molecular weight excluding hydrogens is 422 g/mol. The molecule has 0 radical (unpaired) electrons. The smallest absolute Gasteiger partial charge is 0.395 e. The lowest BCUT2D eigenvalue weighted by molar-refractivity contribution is -0.137. The van der Waals surface area contributed by atoms with Crippen LogP contribution in [-0.4, -0.2) is 39.2 Å². The zero-order valence-corrected chi connectivity index (χ0v) is 17.7. The lowest BCUT2D eigenvalue weighted by Gasteiger charge is -2.43. The number of halogens is 4. The molecule has 5 nitrogen and oxygen atoms in total. The first-order chi connectivity index (χ1) is 13.6. The van der Waals surface area contributed by atoms with Crippen LogP contribution in [0.25, 0.3) is 0 Å². The average Bonchev–Trinajstić information content (AvgIpc) is 2.83. The summed E-state index contributed by atoms with van der Waals surface area (Å²) < 4.78 is 54.2. The van der Waals surface area contributed by atoms with E-state index in [1.807, 2.05) is 0 Å². The van der Waals surface area contributed by atoms with Crippen LogP contribution in [0.1, 0.15) is 38.8 Å². The minimum atomic E-state index is -4.81. The summed E-state index contributed by atoms with van der Waals surface area (Å²) in [6.45, 7) is 8.61. The van der Waals surface area contributed by atoms with E-state index in [0.29, 0.717) is 6.07 Å². The van der Waals surface area contributed by atoms with Crippen molar-refractivity contribution in [3.05, 3.63) is 41.7 Å². The van der Waals surface area contributed by atoms with Crippen molar-refractivity contribution in [2.24, 2.45) is 5.41 Å². The molecule has 0 bridgehead atoms. The van der Waals surface area contributed by atoms with E-state index in [0.717, 1.165) is 11.0 Å².